The summed E-state index contributed by atoms with van der Waals surface area (Å²) in [6, 6.07) is 6.92. The highest BCUT2D eigenvalue weighted by Gasteiger charge is 2.25. The highest BCUT2D eigenvalue weighted by atomic mass is 32.2. The van der Waals surface area contributed by atoms with E-state index in [-0.39, 0.29) is 23.0 Å². The van der Waals surface area contributed by atoms with E-state index in [0.29, 0.717) is 10.7 Å². The van der Waals surface area contributed by atoms with E-state index in [1.165, 1.54) is 6.42 Å². The zero-order valence-corrected chi connectivity index (χ0v) is 13.4. The lowest BCUT2D eigenvalue weighted by atomic mass is 9.89. The van der Waals surface area contributed by atoms with Gasteiger partial charge in [-0.05, 0) is 48.4 Å². The fourth-order valence-corrected chi connectivity index (χ4v) is 3.42. The van der Waals surface area contributed by atoms with Gasteiger partial charge in [0.25, 0.3) is 11.1 Å². The van der Waals surface area contributed by atoms with Gasteiger partial charge in [0.05, 0.1) is 10.8 Å². The lowest BCUT2D eigenvalue weighted by Crippen LogP contribution is -2.22. The van der Waals surface area contributed by atoms with E-state index in [0.717, 1.165) is 43.0 Å². The Morgan fingerprint density at radius 1 is 1.13 bits per heavy atom. The Hall–Kier alpha value is -2.08. The molecule has 1 aliphatic heterocycles. The molecular formula is C17H17NO4S. The summed E-state index contributed by atoms with van der Waals surface area (Å²) in [7, 11) is 0. The van der Waals surface area contributed by atoms with Gasteiger partial charge in [-0.2, -0.15) is 0 Å². The van der Waals surface area contributed by atoms with Gasteiger partial charge in [0.15, 0.2) is 0 Å². The molecule has 0 aromatic heterocycles. The molecule has 1 aromatic rings. The number of hydrogen-bond acceptors (Lipinski definition) is 5. The summed E-state index contributed by atoms with van der Waals surface area (Å²) in [6.45, 7) is 0. The third-order valence-corrected chi connectivity index (χ3v) is 4.79. The summed E-state index contributed by atoms with van der Waals surface area (Å²) in [5.41, 5.74) is 0.773. The molecule has 1 heterocycles. The number of benzene rings is 1. The Morgan fingerprint density at radius 3 is 2.43 bits per heavy atom. The maximum Gasteiger partial charge on any atom is 0.314 e. The van der Waals surface area contributed by atoms with Gasteiger partial charge >= 0.3 is 5.97 Å². The summed E-state index contributed by atoms with van der Waals surface area (Å²) >= 11 is 0.878. The predicted molar refractivity (Wildman–Crippen MR) is 87.8 cm³/mol. The van der Waals surface area contributed by atoms with E-state index in [1.807, 2.05) is 0 Å². The first-order valence-electron chi connectivity index (χ1n) is 7.68. The molecule has 2 amide bonds. The summed E-state index contributed by atoms with van der Waals surface area (Å²) < 4.78 is 5.42. The van der Waals surface area contributed by atoms with Crippen LogP contribution in [0.1, 0.15) is 37.7 Å². The second-order valence-electron chi connectivity index (χ2n) is 5.68. The van der Waals surface area contributed by atoms with Crippen LogP contribution in [-0.2, 0) is 9.59 Å². The molecule has 1 N–H and O–H groups in total. The van der Waals surface area contributed by atoms with Crippen molar-refractivity contribution < 1.29 is 19.1 Å². The van der Waals surface area contributed by atoms with E-state index >= 15 is 0 Å². The summed E-state index contributed by atoms with van der Waals surface area (Å²) in [5, 5.41) is 1.85. The highest BCUT2D eigenvalue weighted by molar-refractivity contribution is 8.18. The third-order valence-electron chi connectivity index (χ3n) is 3.98. The fraction of sp³-hybridized carbons (Fsp3) is 0.353. The zero-order chi connectivity index (χ0) is 16.2. The first-order chi connectivity index (χ1) is 11.1. The van der Waals surface area contributed by atoms with Crippen LogP contribution in [0.3, 0.4) is 0 Å². The van der Waals surface area contributed by atoms with Crippen molar-refractivity contribution >= 4 is 35.0 Å². The van der Waals surface area contributed by atoms with Gasteiger partial charge in [0.2, 0.25) is 0 Å². The van der Waals surface area contributed by atoms with Gasteiger partial charge in [-0.25, -0.2) is 0 Å². The first-order valence-corrected chi connectivity index (χ1v) is 8.50. The average molecular weight is 331 g/mol. The van der Waals surface area contributed by atoms with Crippen molar-refractivity contribution in [2.24, 2.45) is 5.92 Å². The Morgan fingerprint density at radius 2 is 1.83 bits per heavy atom. The van der Waals surface area contributed by atoms with Crippen LogP contribution in [0.5, 0.6) is 5.75 Å². The third kappa shape index (κ3) is 4.01. The van der Waals surface area contributed by atoms with Gasteiger partial charge in [-0.1, -0.05) is 31.4 Å². The molecule has 1 saturated carbocycles. The molecule has 6 heteroatoms. The largest absolute Gasteiger partial charge is 0.426 e. The Kier molecular flexibility index (Phi) is 4.81. The summed E-state index contributed by atoms with van der Waals surface area (Å²) in [5.74, 6) is -0.0302. The minimum absolute atomic E-state index is 0.00939. The van der Waals surface area contributed by atoms with Crippen LogP contribution in [0.2, 0.25) is 0 Å². The lowest BCUT2D eigenvalue weighted by molar-refractivity contribution is -0.140. The first kappa shape index (κ1) is 15.8. The molecule has 0 radical (unpaired) electrons. The molecule has 1 aliphatic carbocycles. The molecule has 0 bridgehead atoms. The summed E-state index contributed by atoms with van der Waals surface area (Å²) in [6.07, 6.45) is 6.82. The molecular weight excluding hydrogens is 314 g/mol. The van der Waals surface area contributed by atoms with Crippen molar-refractivity contribution in [2.75, 3.05) is 0 Å². The van der Waals surface area contributed by atoms with Crippen LogP contribution >= 0.6 is 11.8 Å². The number of carbonyl (C=O) groups is 3. The van der Waals surface area contributed by atoms with Crippen molar-refractivity contribution in [1.29, 1.82) is 0 Å². The topological polar surface area (TPSA) is 72.5 Å². The number of carbonyl (C=O) groups excluding carboxylic acids is 3. The van der Waals surface area contributed by atoms with E-state index in [1.54, 1.807) is 30.3 Å². The standard InChI is InChI=1S/C17H17NO4S/c19-15-14(23-17(21)18-15)10-11-6-8-13(9-7-11)22-16(20)12-4-2-1-3-5-12/h6-10,12H,1-5H2,(H,18,19,21). The van der Waals surface area contributed by atoms with Crippen LogP contribution < -0.4 is 10.1 Å². The van der Waals surface area contributed by atoms with Crippen molar-refractivity contribution in [2.45, 2.75) is 32.1 Å². The fourth-order valence-electron chi connectivity index (χ4n) is 2.74. The molecule has 5 nitrogen and oxygen atoms in total. The van der Waals surface area contributed by atoms with Crippen LogP contribution in [-0.4, -0.2) is 17.1 Å². The smallest absolute Gasteiger partial charge is 0.314 e. The molecule has 2 fully saturated rings. The van der Waals surface area contributed by atoms with Crippen molar-refractivity contribution in [3.8, 4) is 5.75 Å². The van der Waals surface area contributed by atoms with E-state index in [2.05, 4.69) is 5.32 Å². The number of imide groups is 1. The molecule has 0 atom stereocenters. The second kappa shape index (κ2) is 7.00. The number of thioether (sulfide) groups is 1. The molecule has 120 valence electrons. The molecule has 2 aliphatic rings. The quantitative estimate of drug-likeness (QED) is 0.521. The number of ether oxygens (including phenoxy) is 1. The zero-order valence-electron chi connectivity index (χ0n) is 12.5. The van der Waals surface area contributed by atoms with Gasteiger partial charge in [0, 0.05) is 0 Å². The van der Waals surface area contributed by atoms with Gasteiger partial charge in [0.1, 0.15) is 5.75 Å². The highest BCUT2D eigenvalue weighted by Crippen LogP contribution is 2.27. The Bertz CT molecular complexity index is 660. The molecule has 0 unspecified atom stereocenters. The minimum atomic E-state index is -0.382. The van der Waals surface area contributed by atoms with Crippen LogP contribution in [0.15, 0.2) is 29.2 Å². The van der Waals surface area contributed by atoms with E-state index in [9.17, 15) is 14.4 Å². The molecule has 1 aromatic carbocycles. The second-order valence-corrected chi connectivity index (χ2v) is 6.69. The normalized spacial score (nSPS) is 20.6. The SMILES string of the molecule is O=C1NC(=O)C(=Cc2ccc(OC(=O)C3CCCCC3)cc2)S1. The number of nitrogens with one attached hydrogen (secondary N) is 1. The lowest BCUT2D eigenvalue weighted by Gasteiger charge is -2.19. The number of amides is 2. The Labute approximate surface area is 138 Å². The van der Waals surface area contributed by atoms with E-state index < -0.39 is 0 Å². The maximum absolute atomic E-state index is 12.1. The summed E-state index contributed by atoms with van der Waals surface area (Å²) in [4.78, 5) is 35.0. The Balaban J connectivity index is 1.63. The van der Waals surface area contributed by atoms with Gasteiger partial charge in [-0.3, -0.25) is 19.7 Å². The van der Waals surface area contributed by atoms with Crippen LogP contribution in [0.25, 0.3) is 6.08 Å². The number of esters is 1. The van der Waals surface area contributed by atoms with Crippen LogP contribution in [0, 0.1) is 5.92 Å². The minimum Gasteiger partial charge on any atom is -0.426 e. The number of rotatable bonds is 3. The maximum atomic E-state index is 12.1. The van der Waals surface area contributed by atoms with E-state index in [4.69, 9.17) is 4.74 Å². The van der Waals surface area contributed by atoms with Crippen molar-refractivity contribution in [3.63, 3.8) is 0 Å². The van der Waals surface area contributed by atoms with Gasteiger partial charge < -0.3 is 4.74 Å². The predicted octanol–water partition coefficient (Wildman–Crippen LogP) is 3.50. The molecule has 1 saturated heterocycles. The monoisotopic (exact) mass is 331 g/mol. The van der Waals surface area contributed by atoms with Gasteiger partial charge in [-0.15, -0.1) is 0 Å². The average Bonchev–Trinajstić information content (AvgIpc) is 2.87. The van der Waals surface area contributed by atoms with Crippen LogP contribution in [0.4, 0.5) is 4.79 Å². The molecule has 3 rings (SSSR count). The van der Waals surface area contributed by atoms with Crippen molar-refractivity contribution in [3.05, 3.63) is 34.7 Å². The molecule has 23 heavy (non-hydrogen) atoms. The molecule has 0 spiro atoms. The number of hydrogen-bond donors (Lipinski definition) is 1. The van der Waals surface area contributed by atoms with Crippen molar-refractivity contribution in [1.82, 2.24) is 5.32 Å².